The molecule has 18 heavy (non-hydrogen) atoms. The zero-order valence-corrected chi connectivity index (χ0v) is 11.3. The first kappa shape index (κ1) is 13.0. The summed E-state index contributed by atoms with van der Waals surface area (Å²) in [6.45, 7) is 3.88. The molecule has 3 amide bonds. The number of carbonyl (C=O) groups is 2. The molecule has 5 heteroatoms. The summed E-state index contributed by atoms with van der Waals surface area (Å²) in [5, 5.41) is 2.67. The second-order valence-electron chi connectivity index (χ2n) is 4.67. The Balaban J connectivity index is 1.88. The number of imide groups is 1. The van der Waals surface area contributed by atoms with E-state index >= 15 is 0 Å². The average Bonchev–Trinajstić information content (AvgIpc) is 2.52. The first-order valence-electron chi connectivity index (χ1n) is 5.83. The lowest BCUT2D eigenvalue weighted by atomic mass is 10.1. The molecule has 2 rings (SSSR count). The van der Waals surface area contributed by atoms with Crippen LogP contribution in [-0.2, 0) is 4.79 Å². The molecule has 0 bridgehead atoms. The van der Waals surface area contributed by atoms with Gasteiger partial charge in [0.05, 0.1) is 0 Å². The molecule has 0 radical (unpaired) electrons. The summed E-state index contributed by atoms with van der Waals surface area (Å²) in [6.07, 6.45) is 0. The van der Waals surface area contributed by atoms with Crippen molar-refractivity contribution < 1.29 is 9.59 Å². The highest BCUT2D eigenvalue weighted by molar-refractivity contribution is 7.99. The molecule has 1 aliphatic heterocycles. The number of carbonyl (C=O) groups excluding carboxylic acids is 2. The Morgan fingerprint density at radius 3 is 2.44 bits per heavy atom. The summed E-state index contributed by atoms with van der Waals surface area (Å²) < 4.78 is 0. The zero-order chi connectivity index (χ0) is 13.2. The first-order chi connectivity index (χ1) is 8.50. The molecule has 4 nitrogen and oxygen atoms in total. The summed E-state index contributed by atoms with van der Waals surface area (Å²) in [5.74, 6) is 0.556. The monoisotopic (exact) mass is 264 g/mol. The van der Waals surface area contributed by atoms with Crippen LogP contribution in [0, 0.1) is 0 Å². The van der Waals surface area contributed by atoms with E-state index in [1.165, 1.54) is 4.90 Å². The smallest absolute Gasteiger partial charge is 0.324 e. The Morgan fingerprint density at radius 2 is 1.89 bits per heavy atom. The molecule has 1 N–H and O–H groups in total. The van der Waals surface area contributed by atoms with Crippen molar-refractivity contribution >= 4 is 23.7 Å². The van der Waals surface area contributed by atoms with Gasteiger partial charge in [0.25, 0.3) is 5.91 Å². The van der Waals surface area contributed by atoms with Gasteiger partial charge in [-0.05, 0) is 26.0 Å². The van der Waals surface area contributed by atoms with Crippen molar-refractivity contribution in [1.29, 1.82) is 0 Å². The highest BCUT2D eigenvalue weighted by atomic mass is 32.2. The molecule has 1 aromatic carbocycles. The van der Waals surface area contributed by atoms with Gasteiger partial charge in [-0.3, -0.25) is 9.69 Å². The maximum absolute atomic E-state index is 11.9. The van der Waals surface area contributed by atoms with Crippen molar-refractivity contribution in [2.75, 3.05) is 12.3 Å². The molecular formula is C13H16N2O2S. The van der Waals surface area contributed by atoms with Crippen LogP contribution in [0.5, 0.6) is 0 Å². The number of hydrogen-bond acceptors (Lipinski definition) is 3. The molecule has 1 heterocycles. The quantitative estimate of drug-likeness (QED) is 0.669. The van der Waals surface area contributed by atoms with Gasteiger partial charge in [-0.1, -0.05) is 18.2 Å². The Labute approximate surface area is 111 Å². The molecule has 0 aliphatic carbocycles. The van der Waals surface area contributed by atoms with Crippen LogP contribution >= 0.6 is 11.8 Å². The molecule has 1 saturated heterocycles. The number of rotatable bonds is 4. The van der Waals surface area contributed by atoms with E-state index in [1.807, 2.05) is 30.3 Å². The summed E-state index contributed by atoms with van der Waals surface area (Å²) in [7, 11) is 0. The number of urea groups is 1. The van der Waals surface area contributed by atoms with E-state index < -0.39 is 5.54 Å². The normalized spacial score (nSPS) is 18.0. The van der Waals surface area contributed by atoms with Crippen LogP contribution in [0.25, 0.3) is 0 Å². The highest BCUT2D eigenvalue weighted by Gasteiger charge is 2.43. The summed E-state index contributed by atoms with van der Waals surface area (Å²) >= 11 is 1.64. The number of thioether (sulfide) groups is 1. The molecular weight excluding hydrogens is 248 g/mol. The third kappa shape index (κ3) is 2.67. The third-order valence-corrected chi connectivity index (χ3v) is 3.76. The van der Waals surface area contributed by atoms with E-state index in [2.05, 4.69) is 5.32 Å². The number of amides is 3. The summed E-state index contributed by atoms with van der Waals surface area (Å²) in [6, 6.07) is 9.64. The second-order valence-corrected chi connectivity index (χ2v) is 5.84. The van der Waals surface area contributed by atoms with Crippen LogP contribution in [0.1, 0.15) is 13.8 Å². The Bertz CT molecular complexity index is 459. The van der Waals surface area contributed by atoms with Crippen LogP contribution in [0.2, 0.25) is 0 Å². The molecule has 0 atom stereocenters. The number of benzene rings is 1. The minimum atomic E-state index is -0.769. The predicted molar refractivity (Wildman–Crippen MR) is 71.5 cm³/mol. The van der Waals surface area contributed by atoms with Gasteiger partial charge in [0.2, 0.25) is 0 Å². The van der Waals surface area contributed by atoms with Crippen LogP contribution < -0.4 is 5.32 Å². The fourth-order valence-corrected chi connectivity index (χ4v) is 2.65. The van der Waals surface area contributed by atoms with Crippen LogP contribution in [0.3, 0.4) is 0 Å². The predicted octanol–water partition coefficient (Wildman–Crippen LogP) is 2.11. The van der Waals surface area contributed by atoms with Crippen molar-refractivity contribution in [2.24, 2.45) is 0 Å². The lowest BCUT2D eigenvalue weighted by molar-refractivity contribution is -0.130. The SMILES string of the molecule is CC1(C)NC(=O)N(CCSc2ccccc2)C1=O. The molecule has 0 aromatic heterocycles. The lowest BCUT2D eigenvalue weighted by Crippen LogP contribution is -2.40. The van der Waals surface area contributed by atoms with E-state index in [9.17, 15) is 9.59 Å². The van der Waals surface area contributed by atoms with Crippen molar-refractivity contribution in [3.63, 3.8) is 0 Å². The molecule has 0 saturated carbocycles. The fourth-order valence-electron chi connectivity index (χ4n) is 1.79. The van der Waals surface area contributed by atoms with Gasteiger partial charge in [0.1, 0.15) is 5.54 Å². The topological polar surface area (TPSA) is 49.4 Å². The van der Waals surface area contributed by atoms with Gasteiger partial charge >= 0.3 is 6.03 Å². The second kappa shape index (κ2) is 5.02. The maximum atomic E-state index is 11.9. The number of nitrogens with zero attached hydrogens (tertiary/aromatic N) is 1. The van der Waals surface area contributed by atoms with Gasteiger partial charge in [-0.2, -0.15) is 0 Å². The Morgan fingerprint density at radius 1 is 1.22 bits per heavy atom. The molecule has 1 fully saturated rings. The van der Waals surface area contributed by atoms with Gasteiger partial charge in [-0.25, -0.2) is 4.79 Å². The summed E-state index contributed by atoms with van der Waals surface area (Å²) in [4.78, 5) is 26.0. The Kier molecular flexibility index (Phi) is 3.61. The Hall–Kier alpha value is -1.49. The van der Waals surface area contributed by atoms with Gasteiger partial charge in [0, 0.05) is 17.2 Å². The van der Waals surface area contributed by atoms with E-state index in [-0.39, 0.29) is 11.9 Å². The van der Waals surface area contributed by atoms with Crippen molar-refractivity contribution in [3.8, 4) is 0 Å². The van der Waals surface area contributed by atoms with E-state index in [4.69, 9.17) is 0 Å². The van der Waals surface area contributed by atoms with Crippen LogP contribution in [0.4, 0.5) is 4.79 Å². The fraction of sp³-hybridized carbons (Fsp3) is 0.385. The minimum Gasteiger partial charge on any atom is -0.324 e. The van der Waals surface area contributed by atoms with Crippen LogP contribution in [-0.4, -0.2) is 34.7 Å². The van der Waals surface area contributed by atoms with Gasteiger partial charge < -0.3 is 5.32 Å². The maximum Gasteiger partial charge on any atom is 0.325 e. The van der Waals surface area contributed by atoms with Gasteiger partial charge in [-0.15, -0.1) is 11.8 Å². The third-order valence-electron chi connectivity index (χ3n) is 2.77. The van der Waals surface area contributed by atoms with Crippen molar-refractivity contribution in [3.05, 3.63) is 30.3 Å². The van der Waals surface area contributed by atoms with E-state index in [0.29, 0.717) is 12.3 Å². The molecule has 96 valence electrons. The standard InChI is InChI=1S/C13H16N2O2S/c1-13(2)11(16)15(12(17)14-13)8-9-18-10-6-4-3-5-7-10/h3-7H,8-9H2,1-2H3,(H,14,17). The molecule has 1 aliphatic rings. The number of hydrogen-bond donors (Lipinski definition) is 1. The van der Waals surface area contributed by atoms with Gasteiger partial charge in [0.15, 0.2) is 0 Å². The molecule has 0 unspecified atom stereocenters. The average molecular weight is 264 g/mol. The van der Waals surface area contributed by atoms with Crippen LogP contribution in [0.15, 0.2) is 35.2 Å². The molecule has 1 aromatic rings. The highest BCUT2D eigenvalue weighted by Crippen LogP contribution is 2.20. The van der Waals surface area contributed by atoms with E-state index in [0.717, 1.165) is 4.90 Å². The van der Waals surface area contributed by atoms with E-state index in [1.54, 1.807) is 25.6 Å². The van der Waals surface area contributed by atoms with Crippen molar-refractivity contribution in [2.45, 2.75) is 24.3 Å². The zero-order valence-electron chi connectivity index (χ0n) is 10.5. The largest absolute Gasteiger partial charge is 0.325 e. The van der Waals surface area contributed by atoms with Crippen molar-refractivity contribution in [1.82, 2.24) is 10.2 Å². The molecule has 0 spiro atoms. The lowest BCUT2D eigenvalue weighted by Gasteiger charge is -2.15. The number of nitrogens with one attached hydrogen (secondary N) is 1. The first-order valence-corrected chi connectivity index (χ1v) is 6.81. The minimum absolute atomic E-state index is 0.152. The summed E-state index contributed by atoms with van der Waals surface area (Å²) in [5.41, 5.74) is -0.769.